The molecule has 1 heterocycles. The van der Waals surface area contributed by atoms with Gasteiger partial charge in [-0.15, -0.1) is 36.2 Å². The largest absolute Gasteiger partial charge is 0.444 e. The van der Waals surface area contributed by atoms with Gasteiger partial charge in [0, 0.05) is 12.2 Å². The molecule has 0 radical (unpaired) electrons. The molecule has 11 heteroatoms. The Labute approximate surface area is 246 Å². The number of alkyl carbamates (subject to hydrolysis) is 1. The van der Waals surface area contributed by atoms with Crippen LogP contribution in [0.5, 0.6) is 0 Å². The number of halogens is 2. The number of thiazole rings is 1. The number of hydrogen-bond donors (Lipinski definition) is 4. The van der Waals surface area contributed by atoms with Gasteiger partial charge in [-0.2, -0.15) is 0 Å². The molecule has 2 amide bonds. The molecule has 3 rings (SSSR count). The highest BCUT2D eigenvalue weighted by molar-refractivity contribution is 7.09. The van der Waals surface area contributed by atoms with Gasteiger partial charge < -0.3 is 26.2 Å². The molecule has 2 aromatic carbocycles. The van der Waals surface area contributed by atoms with E-state index in [2.05, 4.69) is 15.6 Å². The van der Waals surface area contributed by atoms with E-state index in [9.17, 15) is 14.7 Å². The summed E-state index contributed by atoms with van der Waals surface area (Å²) in [6.07, 6.45) is 1.20. The Bertz CT molecular complexity index is 1090. The molecule has 39 heavy (non-hydrogen) atoms. The monoisotopic (exact) mass is 596 g/mol. The van der Waals surface area contributed by atoms with E-state index in [1.807, 2.05) is 74.5 Å². The molecule has 3 aromatic rings. The first-order chi connectivity index (χ1) is 17.8. The predicted octanol–water partition coefficient (Wildman–Crippen LogP) is 4.29. The Hall–Kier alpha value is -2.69. The van der Waals surface area contributed by atoms with E-state index in [0.29, 0.717) is 12.8 Å². The molecule has 4 atom stereocenters. The Morgan fingerprint density at radius 2 is 1.56 bits per heavy atom. The highest BCUT2D eigenvalue weighted by Gasteiger charge is 2.28. The molecule has 214 valence electrons. The number of rotatable bonds is 13. The fourth-order valence-corrected chi connectivity index (χ4v) is 4.45. The summed E-state index contributed by atoms with van der Waals surface area (Å²) in [5, 5.41) is 17.2. The first-order valence-corrected chi connectivity index (χ1v) is 13.3. The number of nitrogens with two attached hydrogens (primary N) is 1. The zero-order chi connectivity index (χ0) is 26.6. The number of nitrogens with one attached hydrogen (secondary N) is 2. The van der Waals surface area contributed by atoms with E-state index in [1.165, 1.54) is 11.3 Å². The maximum atomic E-state index is 12.8. The maximum Gasteiger partial charge on any atom is 0.407 e. The molecule has 0 aliphatic carbocycles. The van der Waals surface area contributed by atoms with E-state index in [1.54, 1.807) is 11.7 Å². The molecular formula is C28H38Cl2N4O4S. The highest BCUT2D eigenvalue weighted by atomic mass is 35.5. The van der Waals surface area contributed by atoms with Crippen LogP contribution in [0.4, 0.5) is 4.79 Å². The summed E-state index contributed by atoms with van der Waals surface area (Å²) in [6.45, 7) is 3.89. The van der Waals surface area contributed by atoms with Gasteiger partial charge >= 0.3 is 6.09 Å². The van der Waals surface area contributed by atoms with Crippen molar-refractivity contribution < 1.29 is 19.4 Å². The molecule has 5 N–H and O–H groups in total. The van der Waals surface area contributed by atoms with Crippen molar-refractivity contribution in [2.45, 2.75) is 63.9 Å². The smallest absolute Gasteiger partial charge is 0.407 e. The predicted molar refractivity (Wildman–Crippen MR) is 159 cm³/mol. The molecule has 0 saturated carbocycles. The van der Waals surface area contributed by atoms with Crippen molar-refractivity contribution in [2.24, 2.45) is 11.7 Å². The zero-order valence-corrected chi connectivity index (χ0v) is 24.5. The number of carbonyl (C=O) groups excluding carboxylic acids is 2. The van der Waals surface area contributed by atoms with Crippen LogP contribution in [0.3, 0.4) is 0 Å². The van der Waals surface area contributed by atoms with Crippen molar-refractivity contribution in [2.75, 3.05) is 0 Å². The number of hydrogen-bond acceptors (Lipinski definition) is 7. The van der Waals surface area contributed by atoms with Gasteiger partial charge in [-0.05, 0) is 36.3 Å². The first kappa shape index (κ1) is 34.3. The Morgan fingerprint density at radius 1 is 0.974 bits per heavy atom. The quantitative estimate of drug-likeness (QED) is 0.233. The number of carbonyl (C=O) groups is 2. The lowest BCUT2D eigenvalue weighted by molar-refractivity contribution is -0.124. The number of amides is 2. The molecule has 1 aromatic heterocycles. The van der Waals surface area contributed by atoms with Crippen LogP contribution in [0.15, 0.2) is 72.4 Å². The molecule has 0 spiro atoms. The third kappa shape index (κ3) is 11.9. The van der Waals surface area contributed by atoms with Crippen LogP contribution in [-0.2, 0) is 29.0 Å². The van der Waals surface area contributed by atoms with Crippen molar-refractivity contribution in [3.8, 4) is 0 Å². The second-order valence-corrected chi connectivity index (χ2v) is 10.4. The maximum absolute atomic E-state index is 12.8. The van der Waals surface area contributed by atoms with E-state index in [-0.39, 0.29) is 55.7 Å². The average molecular weight is 598 g/mol. The van der Waals surface area contributed by atoms with Gasteiger partial charge in [-0.3, -0.25) is 9.78 Å². The second-order valence-electron chi connectivity index (χ2n) is 9.45. The Balaban J connectivity index is 0.00000380. The summed E-state index contributed by atoms with van der Waals surface area (Å²) in [4.78, 5) is 30.2. The average Bonchev–Trinajstić information content (AvgIpc) is 3.41. The standard InChI is InChI=1S/C28H36N4O4S.2ClH/c1-19(2)26(29)27(34)31-22(13-20-9-5-3-6-10-20)15-25(33)24(14-21-11-7-4-8-12-21)32-28(35)36-17-23-16-30-18-37-23;;/h3-12,16,18-19,22,24-26,33H,13-15,17,29H2,1-2H3,(H,31,34)(H,32,35);2*1H/t22-,24-,25-,26-;;/m0../s1. The summed E-state index contributed by atoms with van der Waals surface area (Å²) in [5.74, 6) is -0.289. The number of nitrogens with zero attached hydrogens (tertiary/aromatic N) is 1. The first-order valence-electron chi connectivity index (χ1n) is 12.4. The minimum atomic E-state index is -0.958. The lowest BCUT2D eigenvalue weighted by Crippen LogP contribution is -2.52. The highest BCUT2D eigenvalue weighted by Crippen LogP contribution is 2.15. The summed E-state index contributed by atoms with van der Waals surface area (Å²) >= 11 is 1.40. The lowest BCUT2D eigenvalue weighted by Gasteiger charge is -2.29. The van der Waals surface area contributed by atoms with Crippen molar-refractivity contribution in [3.05, 3.63) is 88.4 Å². The lowest BCUT2D eigenvalue weighted by atomic mass is 9.93. The third-order valence-electron chi connectivity index (χ3n) is 6.11. The number of ether oxygens (including phenoxy) is 1. The number of aliphatic hydroxyl groups excluding tert-OH is 1. The molecule has 0 fully saturated rings. The van der Waals surface area contributed by atoms with Crippen LogP contribution in [-0.4, -0.2) is 46.3 Å². The van der Waals surface area contributed by atoms with E-state index < -0.39 is 24.3 Å². The van der Waals surface area contributed by atoms with Crippen LogP contribution in [0.1, 0.15) is 36.3 Å². The molecule has 0 aliphatic heterocycles. The molecule has 0 unspecified atom stereocenters. The van der Waals surface area contributed by atoms with Crippen LogP contribution >= 0.6 is 36.2 Å². The van der Waals surface area contributed by atoms with E-state index in [0.717, 1.165) is 16.0 Å². The molecule has 0 saturated heterocycles. The van der Waals surface area contributed by atoms with Gasteiger partial charge in [0.25, 0.3) is 0 Å². The van der Waals surface area contributed by atoms with E-state index in [4.69, 9.17) is 10.5 Å². The van der Waals surface area contributed by atoms with Crippen LogP contribution in [0, 0.1) is 5.92 Å². The van der Waals surface area contributed by atoms with Crippen LogP contribution < -0.4 is 16.4 Å². The number of aromatic nitrogens is 1. The fraction of sp³-hybridized carbons (Fsp3) is 0.393. The summed E-state index contributed by atoms with van der Waals surface area (Å²) < 4.78 is 5.35. The second kappa shape index (κ2) is 17.8. The zero-order valence-electron chi connectivity index (χ0n) is 22.1. The topological polar surface area (TPSA) is 127 Å². The van der Waals surface area contributed by atoms with Gasteiger partial charge in [0.15, 0.2) is 0 Å². The van der Waals surface area contributed by atoms with Crippen LogP contribution in [0.2, 0.25) is 0 Å². The van der Waals surface area contributed by atoms with Crippen molar-refractivity contribution >= 4 is 48.2 Å². The van der Waals surface area contributed by atoms with E-state index >= 15 is 0 Å². The van der Waals surface area contributed by atoms with Crippen LogP contribution in [0.25, 0.3) is 0 Å². The minimum absolute atomic E-state index is 0. The molecule has 8 nitrogen and oxygen atoms in total. The molecule has 0 aliphatic rings. The third-order valence-corrected chi connectivity index (χ3v) is 6.87. The SMILES string of the molecule is CC(C)[C@H](N)C(=O)N[C@@H](Cc1ccccc1)C[C@H](O)[C@H](Cc1ccccc1)NC(=O)OCc1cncs1.Cl.Cl. The van der Waals surface area contributed by atoms with Gasteiger partial charge in [-0.1, -0.05) is 74.5 Å². The molecular weight excluding hydrogens is 559 g/mol. The summed E-state index contributed by atoms with van der Waals surface area (Å²) in [7, 11) is 0. The van der Waals surface area contributed by atoms with Crippen molar-refractivity contribution in [1.29, 1.82) is 0 Å². The number of benzene rings is 2. The van der Waals surface area contributed by atoms with Gasteiger partial charge in [0.1, 0.15) is 6.61 Å². The Morgan fingerprint density at radius 3 is 2.10 bits per heavy atom. The van der Waals surface area contributed by atoms with Crippen molar-refractivity contribution in [3.63, 3.8) is 0 Å². The summed E-state index contributed by atoms with van der Waals surface area (Å²) in [5.41, 5.74) is 9.73. The Kier molecular flexibility index (Phi) is 15.7. The van der Waals surface area contributed by atoms with Gasteiger partial charge in [0.05, 0.1) is 28.6 Å². The molecule has 0 bridgehead atoms. The van der Waals surface area contributed by atoms with Gasteiger partial charge in [0.2, 0.25) is 5.91 Å². The minimum Gasteiger partial charge on any atom is -0.444 e. The fourth-order valence-electron chi connectivity index (χ4n) is 3.94. The van der Waals surface area contributed by atoms with Gasteiger partial charge in [-0.25, -0.2) is 4.79 Å². The van der Waals surface area contributed by atoms with Crippen molar-refractivity contribution in [1.82, 2.24) is 15.6 Å². The summed E-state index contributed by atoms with van der Waals surface area (Å²) in [6, 6.07) is 17.7. The number of aliphatic hydroxyl groups is 1. The normalized spacial score (nSPS) is 13.7.